The highest BCUT2D eigenvalue weighted by Gasteiger charge is 2.37. The number of nitro groups is 2. The van der Waals surface area contributed by atoms with Crippen molar-refractivity contribution in [3.05, 3.63) is 91.2 Å². The lowest BCUT2D eigenvalue weighted by Crippen LogP contribution is -2.54. The van der Waals surface area contributed by atoms with E-state index in [1.165, 1.54) is 36.4 Å². The molecule has 1 N–H and O–H groups in total. The molecule has 0 aliphatic carbocycles. The predicted molar refractivity (Wildman–Crippen MR) is 118 cm³/mol. The minimum Gasteiger partial charge on any atom is -0.457 e. The Balaban J connectivity index is 1.65. The molecular weight excluding hydrogens is 472 g/mol. The topological polar surface area (TPSA) is 166 Å². The monoisotopic (exact) mass is 482 g/mol. The summed E-state index contributed by atoms with van der Waals surface area (Å²) in [6.07, 6.45) is 1.12. The van der Waals surface area contributed by atoms with E-state index in [-0.39, 0.29) is 33.6 Å². The van der Waals surface area contributed by atoms with Crippen LogP contribution in [0.4, 0.5) is 21.9 Å². The van der Waals surface area contributed by atoms with Crippen molar-refractivity contribution in [3.63, 3.8) is 0 Å². The Morgan fingerprint density at radius 2 is 1.56 bits per heavy atom. The van der Waals surface area contributed by atoms with Crippen molar-refractivity contribution in [1.82, 2.24) is 5.32 Å². The van der Waals surface area contributed by atoms with Gasteiger partial charge >= 0.3 is 6.03 Å². The van der Waals surface area contributed by atoms with E-state index in [9.17, 15) is 34.6 Å². The van der Waals surface area contributed by atoms with Crippen LogP contribution in [0.25, 0.3) is 17.4 Å². The van der Waals surface area contributed by atoms with Crippen LogP contribution in [0, 0.1) is 20.2 Å². The Morgan fingerprint density at radius 1 is 0.912 bits per heavy atom. The number of barbiturate groups is 1. The van der Waals surface area contributed by atoms with Crippen LogP contribution in [-0.2, 0) is 9.59 Å². The molecule has 3 aromatic rings. The average Bonchev–Trinajstić information content (AvgIpc) is 3.25. The molecule has 1 saturated heterocycles. The SMILES string of the molecule is O=C1NC(=O)N(c2ccc([N+](=O)[O-])cc2)C(=O)/C1=C\c1ccc(-c2ccc([N+](=O)[O-])cc2Cl)o1. The number of carbonyl (C=O) groups is 3. The number of anilines is 1. The summed E-state index contributed by atoms with van der Waals surface area (Å²) in [7, 11) is 0. The largest absolute Gasteiger partial charge is 0.457 e. The predicted octanol–water partition coefficient (Wildman–Crippen LogP) is 4.08. The number of nitrogens with zero attached hydrogens (tertiary/aromatic N) is 3. The van der Waals surface area contributed by atoms with Gasteiger partial charge in [-0.3, -0.25) is 35.1 Å². The number of carbonyl (C=O) groups excluding carboxylic acids is 3. The van der Waals surface area contributed by atoms with Crippen molar-refractivity contribution in [2.45, 2.75) is 0 Å². The summed E-state index contributed by atoms with van der Waals surface area (Å²) < 4.78 is 5.62. The maximum atomic E-state index is 12.9. The first-order chi connectivity index (χ1) is 16.2. The Labute approximate surface area is 194 Å². The molecule has 170 valence electrons. The zero-order chi connectivity index (χ0) is 24.6. The fourth-order valence-electron chi connectivity index (χ4n) is 3.15. The van der Waals surface area contributed by atoms with Gasteiger partial charge in [0.2, 0.25) is 0 Å². The molecule has 0 bridgehead atoms. The number of nitrogens with one attached hydrogen (secondary N) is 1. The van der Waals surface area contributed by atoms with Crippen LogP contribution in [0.15, 0.2) is 64.6 Å². The van der Waals surface area contributed by atoms with Gasteiger partial charge in [0.1, 0.15) is 17.1 Å². The van der Waals surface area contributed by atoms with E-state index < -0.39 is 33.3 Å². The molecule has 1 aromatic heterocycles. The number of halogens is 1. The zero-order valence-corrected chi connectivity index (χ0v) is 17.5. The minimum atomic E-state index is -1.02. The molecule has 1 aliphatic rings. The van der Waals surface area contributed by atoms with E-state index in [4.69, 9.17) is 16.0 Å². The smallest absolute Gasteiger partial charge is 0.335 e. The first-order valence-electron chi connectivity index (χ1n) is 9.36. The third kappa shape index (κ3) is 4.12. The number of imide groups is 2. The third-order valence-electron chi connectivity index (χ3n) is 4.76. The van der Waals surface area contributed by atoms with Gasteiger partial charge in [-0.1, -0.05) is 11.6 Å². The molecule has 1 fully saturated rings. The van der Waals surface area contributed by atoms with E-state index in [0.717, 1.165) is 24.3 Å². The van der Waals surface area contributed by atoms with Crippen LogP contribution in [0.1, 0.15) is 5.76 Å². The Morgan fingerprint density at radius 3 is 2.18 bits per heavy atom. The van der Waals surface area contributed by atoms with Crippen molar-refractivity contribution in [2.24, 2.45) is 0 Å². The highest BCUT2D eigenvalue weighted by molar-refractivity contribution is 6.39. The van der Waals surface area contributed by atoms with Crippen molar-refractivity contribution in [2.75, 3.05) is 4.90 Å². The normalized spacial score (nSPS) is 14.9. The lowest BCUT2D eigenvalue weighted by Gasteiger charge is -2.26. The first kappa shape index (κ1) is 22.4. The van der Waals surface area contributed by atoms with E-state index in [1.807, 2.05) is 5.32 Å². The number of rotatable bonds is 5. The quantitative estimate of drug-likeness (QED) is 0.245. The second kappa shape index (κ2) is 8.60. The Kier molecular flexibility index (Phi) is 5.65. The minimum absolute atomic E-state index is 0.0179. The number of nitro benzene ring substituents is 2. The van der Waals surface area contributed by atoms with Crippen LogP contribution < -0.4 is 10.2 Å². The van der Waals surface area contributed by atoms with Gasteiger partial charge in [-0.15, -0.1) is 0 Å². The summed E-state index contributed by atoms with van der Waals surface area (Å²) >= 11 is 6.10. The number of furan rings is 1. The summed E-state index contributed by atoms with van der Waals surface area (Å²) in [6.45, 7) is 0. The van der Waals surface area contributed by atoms with E-state index >= 15 is 0 Å². The lowest BCUT2D eigenvalue weighted by atomic mass is 10.1. The molecule has 2 aromatic carbocycles. The summed E-state index contributed by atoms with van der Waals surface area (Å²) in [5, 5.41) is 23.8. The highest BCUT2D eigenvalue weighted by Crippen LogP contribution is 2.33. The first-order valence-corrected chi connectivity index (χ1v) is 9.73. The molecule has 12 nitrogen and oxygen atoms in total. The maximum absolute atomic E-state index is 12.9. The van der Waals surface area contributed by atoms with Gasteiger partial charge in [0.05, 0.1) is 20.6 Å². The number of amides is 4. The van der Waals surface area contributed by atoms with Gasteiger partial charge in [0, 0.05) is 29.8 Å². The molecule has 4 amide bonds. The standard InChI is InChI=1S/C21H11ClN4O8/c22-17-9-13(26(32)33)5-7-15(17)18-8-6-14(34-18)10-16-19(27)23-21(29)24(20(16)28)11-1-3-12(4-2-11)25(30)31/h1-10H,(H,23,27,29)/b16-10-. The lowest BCUT2D eigenvalue weighted by molar-refractivity contribution is -0.385. The average molecular weight is 483 g/mol. The van der Waals surface area contributed by atoms with Crippen molar-refractivity contribution in [3.8, 4) is 11.3 Å². The Hall–Kier alpha value is -4.84. The number of benzene rings is 2. The molecule has 0 atom stereocenters. The van der Waals surface area contributed by atoms with Gasteiger partial charge in [0.15, 0.2) is 0 Å². The van der Waals surface area contributed by atoms with Gasteiger partial charge < -0.3 is 4.42 Å². The van der Waals surface area contributed by atoms with Gasteiger partial charge in [-0.2, -0.15) is 0 Å². The number of hydrogen-bond acceptors (Lipinski definition) is 8. The molecule has 0 spiro atoms. The maximum Gasteiger partial charge on any atom is 0.335 e. The van der Waals surface area contributed by atoms with E-state index in [1.54, 1.807) is 0 Å². The van der Waals surface area contributed by atoms with Crippen molar-refractivity contribution < 1.29 is 28.6 Å². The fourth-order valence-corrected chi connectivity index (χ4v) is 3.42. The van der Waals surface area contributed by atoms with Crippen molar-refractivity contribution >= 4 is 52.6 Å². The van der Waals surface area contributed by atoms with Crippen LogP contribution in [0.2, 0.25) is 5.02 Å². The number of urea groups is 1. The molecule has 0 radical (unpaired) electrons. The number of hydrogen-bond donors (Lipinski definition) is 1. The second-order valence-corrected chi connectivity index (χ2v) is 7.26. The molecular formula is C21H11ClN4O8. The third-order valence-corrected chi connectivity index (χ3v) is 5.08. The zero-order valence-electron chi connectivity index (χ0n) is 16.8. The molecule has 2 heterocycles. The number of non-ortho nitro benzene ring substituents is 2. The van der Waals surface area contributed by atoms with Crippen molar-refractivity contribution in [1.29, 1.82) is 0 Å². The summed E-state index contributed by atoms with van der Waals surface area (Å²) in [6, 6.07) is 10.3. The van der Waals surface area contributed by atoms with Gasteiger partial charge in [-0.25, -0.2) is 9.69 Å². The molecule has 4 rings (SSSR count). The van der Waals surface area contributed by atoms with Gasteiger partial charge in [0.25, 0.3) is 23.2 Å². The molecule has 34 heavy (non-hydrogen) atoms. The van der Waals surface area contributed by atoms with Crippen LogP contribution >= 0.6 is 11.6 Å². The summed E-state index contributed by atoms with van der Waals surface area (Å²) in [4.78, 5) is 58.6. The van der Waals surface area contributed by atoms with Crippen LogP contribution in [0.3, 0.4) is 0 Å². The van der Waals surface area contributed by atoms with E-state index in [0.29, 0.717) is 10.5 Å². The summed E-state index contributed by atoms with van der Waals surface area (Å²) in [5.41, 5.74) is -0.506. The highest BCUT2D eigenvalue weighted by atomic mass is 35.5. The Bertz CT molecular complexity index is 1410. The summed E-state index contributed by atoms with van der Waals surface area (Å²) in [5.74, 6) is -1.63. The van der Waals surface area contributed by atoms with Crippen LogP contribution in [0.5, 0.6) is 0 Å². The fraction of sp³-hybridized carbons (Fsp3) is 0. The van der Waals surface area contributed by atoms with E-state index in [2.05, 4.69) is 0 Å². The molecule has 13 heteroatoms. The molecule has 0 saturated carbocycles. The second-order valence-electron chi connectivity index (χ2n) is 6.85. The molecule has 0 unspecified atom stereocenters. The molecule has 1 aliphatic heterocycles. The van der Waals surface area contributed by atoms with Crippen LogP contribution in [-0.4, -0.2) is 27.7 Å². The van der Waals surface area contributed by atoms with Gasteiger partial charge in [-0.05, 0) is 36.4 Å².